The monoisotopic (exact) mass is 420 g/mol. The van der Waals surface area contributed by atoms with Crippen molar-refractivity contribution < 1.29 is 25.5 Å². The summed E-state index contributed by atoms with van der Waals surface area (Å²) in [4.78, 5) is 2.28. The van der Waals surface area contributed by atoms with E-state index >= 15 is 0 Å². The van der Waals surface area contributed by atoms with Gasteiger partial charge in [0.2, 0.25) is 17.2 Å². The molecule has 0 aromatic heterocycles. The molecular formula is C21H21ClO5S. The van der Waals surface area contributed by atoms with Gasteiger partial charge in [0.15, 0.2) is 11.5 Å². The van der Waals surface area contributed by atoms with E-state index in [4.69, 9.17) is 11.6 Å². The summed E-state index contributed by atoms with van der Waals surface area (Å²) in [6.07, 6.45) is 6.62. The van der Waals surface area contributed by atoms with Crippen molar-refractivity contribution in [2.75, 3.05) is 18.8 Å². The SMILES string of the molecule is C[SH]1(C)(C)c2ccc(Cl)cc2-c2ccc(-c3c(O)c(O)c(O)c(O)c3O)cc21. The number of benzene rings is 3. The highest BCUT2D eigenvalue weighted by Crippen LogP contribution is 2.80. The van der Waals surface area contributed by atoms with E-state index in [2.05, 4.69) is 18.8 Å². The fourth-order valence-electron chi connectivity index (χ4n) is 4.06. The van der Waals surface area contributed by atoms with Crippen molar-refractivity contribution in [3.63, 3.8) is 0 Å². The van der Waals surface area contributed by atoms with E-state index in [0.29, 0.717) is 10.6 Å². The molecule has 5 N–H and O–H groups in total. The molecule has 148 valence electrons. The lowest BCUT2D eigenvalue weighted by Crippen LogP contribution is -2.10. The molecule has 0 amide bonds. The maximum Gasteiger partial charge on any atom is 0.208 e. The summed E-state index contributed by atoms with van der Waals surface area (Å²) in [5.74, 6) is -4.14. The number of rotatable bonds is 1. The first kappa shape index (κ1) is 18.7. The molecule has 0 spiro atoms. The molecule has 4 rings (SSSR count). The molecule has 0 bridgehead atoms. The molecule has 0 saturated heterocycles. The molecular weight excluding hydrogens is 400 g/mol. The fraction of sp³-hybridized carbons (Fsp3) is 0.143. The highest BCUT2D eigenvalue weighted by molar-refractivity contribution is 8.48. The van der Waals surface area contributed by atoms with Crippen molar-refractivity contribution >= 4 is 20.8 Å². The Kier molecular flexibility index (Phi) is 3.62. The molecule has 1 aliphatic heterocycles. The van der Waals surface area contributed by atoms with Crippen LogP contribution in [-0.2, 0) is 0 Å². The van der Waals surface area contributed by atoms with Crippen LogP contribution in [0.4, 0.5) is 0 Å². The van der Waals surface area contributed by atoms with Crippen LogP contribution in [0.1, 0.15) is 0 Å². The number of fused-ring (bicyclic) bond motifs is 3. The van der Waals surface area contributed by atoms with Gasteiger partial charge in [-0.1, -0.05) is 23.7 Å². The van der Waals surface area contributed by atoms with Crippen molar-refractivity contribution in [2.24, 2.45) is 0 Å². The summed E-state index contributed by atoms with van der Waals surface area (Å²) in [6, 6.07) is 11.3. The Hall–Kier alpha value is -2.70. The van der Waals surface area contributed by atoms with E-state index in [1.807, 2.05) is 30.3 Å². The van der Waals surface area contributed by atoms with Gasteiger partial charge in [0.25, 0.3) is 0 Å². The van der Waals surface area contributed by atoms with E-state index < -0.39 is 37.9 Å². The first-order chi connectivity index (χ1) is 12.9. The minimum absolute atomic E-state index is 0.142. The van der Waals surface area contributed by atoms with E-state index in [1.54, 1.807) is 6.07 Å². The Morgan fingerprint density at radius 1 is 0.643 bits per heavy atom. The molecule has 3 aromatic rings. The van der Waals surface area contributed by atoms with Gasteiger partial charge in [-0.05, 0) is 69.5 Å². The second kappa shape index (κ2) is 5.43. The molecule has 0 radical (unpaired) electrons. The summed E-state index contributed by atoms with van der Waals surface area (Å²) in [5.41, 5.74) is 2.36. The van der Waals surface area contributed by atoms with Gasteiger partial charge in [-0.25, -0.2) is 9.16 Å². The van der Waals surface area contributed by atoms with Gasteiger partial charge in [0.05, 0.1) is 5.56 Å². The van der Waals surface area contributed by atoms with Crippen LogP contribution in [0.2, 0.25) is 5.02 Å². The van der Waals surface area contributed by atoms with Gasteiger partial charge in [0.1, 0.15) is 0 Å². The number of phenols is 5. The molecule has 0 atom stereocenters. The van der Waals surface area contributed by atoms with Crippen molar-refractivity contribution in [3.8, 4) is 51.0 Å². The molecule has 1 aliphatic rings. The Morgan fingerprint density at radius 3 is 1.82 bits per heavy atom. The van der Waals surface area contributed by atoms with Crippen LogP contribution in [0, 0.1) is 0 Å². The van der Waals surface area contributed by atoms with Crippen LogP contribution in [0.3, 0.4) is 0 Å². The number of thiol groups is 1. The Bertz CT molecular complexity index is 1150. The maximum absolute atomic E-state index is 10.3. The summed E-state index contributed by atoms with van der Waals surface area (Å²) < 4.78 is 0. The molecule has 0 aliphatic carbocycles. The van der Waals surface area contributed by atoms with E-state index in [-0.39, 0.29) is 5.56 Å². The van der Waals surface area contributed by atoms with Gasteiger partial charge in [-0.15, -0.1) is 0 Å². The first-order valence-electron chi connectivity index (χ1n) is 8.57. The van der Waals surface area contributed by atoms with Gasteiger partial charge < -0.3 is 25.5 Å². The van der Waals surface area contributed by atoms with Crippen LogP contribution in [0.25, 0.3) is 22.3 Å². The predicted octanol–water partition coefficient (Wildman–Crippen LogP) is 4.90. The Morgan fingerprint density at radius 2 is 1.21 bits per heavy atom. The topological polar surface area (TPSA) is 101 Å². The average Bonchev–Trinajstić information content (AvgIpc) is 2.82. The fourth-order valence-corrected chi connectivity index (χ4v) is 7.74. The number of hydrogen-bond donors (Lipinski definition) is 6. The summed E-state index contributed by atoms with van der Waals surface area (Å²) >= 11 is 6.22. The van der Waals surface area contributed by atoms with Gasteiger partial charge in [-0.3, -0.25) is 0 Å². The van der Waals surface area contributed by atoms with Crippen LogP contribution in [0.15, 0.2) is 46.2 Å². The number of hydrogen-bond acceptors (Lipinski definition) is 5. The van der Waals surface area contributed by atoms with Crippen LogP contribution in [0.5, 0.6) is 28.7 Å². The van der Waals surface area contributed by atoms with Crippen molar-refractivity contribution in [3.05, 3.63) is 41.4 Å². The highest BCUT2D eigenvalue weighted by Gasteiger charge is 2.41. The molecule has 0 saturated carbocycles. The largest absolute Gasteiger partial charge is 0.504 e. The normalized spacial score (nSPS) is 17.4. The lowest BCUT2D eigenvalue weighted by Gasteiger charge is -2.50. The van der Waals surface area contributed by atoms with Crippen molar-refractivity contribution in [1.29, 1.82) is 0 Å². The van der Waals surface area contributed by atoms with Crippen LogP contribution < -0.4 is 0 Å². The quantitative estimate of drug-likeness (QED) is 0.191. The molecule has 1 heterocycles. The zero-order chi connectivity index (χ0) is 20.6. The first-order valence-corrected chi connectivity index (χ1v) is 12.5. The molecule has 5 nitrogen and oxygen atoms in total. The van der Waals surface area contributed by atoms with Crippen LogP contribution >= 0.6 is 20.8 Å². The minimum Gasteiger partial charge on any atom is -0.504 e. The van der Waals surface area contributed by atoms with Gasteiger partial charge in [-0.2, -0.15) is 0 Å². The molecule has 7 heteroatoms. The minimum atomic E-state index is -2.53. The average molecular weight is 421 g/mol. The van der Waals surface area contributed by atoms with E-state index in [0.717, 1.165) is 16.0 Å². The lowest BCUT2D eigenvalue weighted by molar-refractivity contribution is 0.330. The predicted molar refractivity (Wildman–Crippen MR) is 114 cm³/mol. The molecule has 3 aromatic carbocycles. The lowest BCUT2D eigenvalue weighted by atomic mass is 9.98. The number of halogens is 1. The summed E-state index contributed by atoms with van der Waals surface area (Å²) in [5, 5.41) is 50.7. The highest BCUT2D eigenvalue weighted by atomic mass is 35.5. The third-order valence-electron chi connectivity index (χ3n) is 5.59. The van der Waals surface area contributed by atoms with Crippen molar-refractivity contribution in [1.82, 2.24) is 0 Å². The van der Waals surface area contributed by atoms with Crippen LogP contribution in [-0.4, -0.2) is 44.3 Å². The zero-order valence-corrected chi connectivity index (χ0v) is 17.2. The maximum atomic E-state index is 10.3. The summed E-state index contributed by atoms with van der Waals surface area (Å²) in [6.45, 7) is 0. The molecule has 28 heavy (non-hydrogen) atoms. The number of aromatic hydroxyl groups is 5. The Balaban J connectivity index is 2.04. The third kappa shape index (κ3) is 2.28. The standard InChI is InChI=1S/C21H21ClO5S/c1-28(2,3)14-7-5-11(22)9-13(14)12-6-4-10(8-15(12)28)16-17(23)19(25)21(27)20(26)18(16)24/h4-9,23-28H,1-3H3. The van der Waals surface area contributed by atoms with Gasteiger partial charge in [0, 0.05) is 5.02 Å². The van der Waals surface area contributed by atoms with Gasteiger partial charge >= 0.3 is 0 Å². The van der Waals surface area contributed by atoms with E-state index in [9.17, 15) is 25.5 Å². The smallest absolute Gasteiger partial charge is 0.208 e. The number of phenolic OH excluding ortho intramolecular Hbond substituents is 5. The Labute approximate surface area is 167 Å². The summed E-state index contributed by atoms with van der Waals surface area (Å²) in [7, 11) is -2.53. The van der Waals surface area contributed by atoms with E-state index in [1.165, 1.54) is 4.90 Å². The second-order valence-electron chi connectivity index (χ2n) is 8.31. The molecule has 0 fully saturated rings. The third-order valence-corrected chi connectivity index (χ3v) is 9.96. The van der Waals surface area contributed by atoms with Crippen molar-refractivity contribution in [2.45, 2.75) is 9.79 Å². The molecule has 0 unspecified atom stereocenters. The zero-order valence-electron chi connectivity index (χ0n) is 15.5. The second-order valence-corrected chi connectivity index (χ2v) is 15.3.